The van der Waals surface area contributed by atoms with E-state index < -0.39 is 0 Å². The molecular weight excluding hydrogens is 162 g/mol. The maximum Gasteiger partial charge on any atom is 0.217 e. The summed E-state index contributed by atoms with van der Waals surface area (Å²) in [7, 11) is 0. The van der Waals surface area contributed by atoms with Crippen LogP contribution in [0.25, 0.3) is 0 Å². The Bertz CT molecular complexity index is 269. The van der Waals surface area contributed by atoms with Gasteiger partial charge in [0.2, 0.25) is 5.91 Å². The minimum Gasteiger partial charge on any atom is -0.350 e. The highest BCUT2D eigenvalue weighted by Gasteiger charge is 2.08. The Kier molecular flexibility index (Phi) is 3.50. The van der Waals surface area contributed by atoms with E-state index in [1.54, 1.807) is 6.92 Å². The molecule has 0 heterocycles. The van der Waals surface area contributed by atoms with Crippen LogP contribution in [0.3, 0.4) is 0 Å². The fourth-order valence-corrected chi connectivity index (χ4v) is 1.35. The smallest absolute Gasteiger partial charge is 0.217 e. The number of benzene rings is 1. The van der Waals surface area contributed by atoms with Crippen LogP contribution in [0.4, 0.5) is 0 Å². The van der Waals surface area contributed by atoms with Gasteiger partial charge in [-0.05, 0) is 12.0 Å². The van der Waals surface area contributed by atoms with E-state index in [0.717, 1.165) is 6.42 Å². The third-order valence-corrected chi connectivity index (χ3v) is 1.99. The number of hydrogen-bond donors (Lipinski definition) is 1. The summed E-state index contributed by atoms with van der Waals surface area (Å²) in [6.07, 6.45) is 0.920. The van der Waals surface area contributed by atoms with Crippen LogP contribution in [-0.2, 0) is 4.79 Å². The quantitative estimate of drug-likeness (QED) is 0.754. The molecule has 1 rings (SSSR count). The highest BCUT2D eigenvalue weighted by atomic mass is 16.1. The summed E-state index contributed by atoms with van der Waals surface area (Å²) in [5, 5.41) is 2.91. The number of hydrogen-bond acceptors (Lipinski definition) is 1. The molecule has 0 aliphatic heterocycles. The molecule has 1 aromatic rings. The van der Waals surface area contributed by atoms with Crippen molar-refractivity contribution in [2.75, 3.05) is 0 Å². The highest BCUT2D eigenvalue weighted by Crippen LogP contribution is 2.15. The monoisotopic (exact) mass is 177 g/mol. The van der Waals surface area contributed by atoms with Crippen molar-refractivity contribution in [1.82, 2.24) is 5.32 Å². The van der Waals surface area contributed by atoms with Crippen LogP contribution in [0.5, 0.6) is 0 Å². The molecule has 0 aromatic heterocycles. The van der Waals surface area contributed by atoms with Crippen LogP contribution in [-0.4, -0.2) is 5.91 Å². The van der Waals surface area contributed by atoms with Crippen molar-refractivity contribution in [2.24, 2.45) is 0 Å². The Morgan fingerprint density at radius 3 is 2.46 bits per heavy atom. The molecule has 2 nitrogen and oxygen atoms in total. The molecular formula is C11H15NO. The predicted molar refractivity (Wildman–Crippen MR) is 53.3 cm³/mol. The first-order valence-corrected chi connectivity index (χ1v) is 4.56. The second-order valence-corrected chi connectivity index (χ2v) is 3.07. The van der Waals surface area contributed by atoms with E-state index in [1.807, 2.05) is 30.3 Å². The summed E-state index contributed by atoms with van der Waals surface area (Å²) in [5.74, 6) is 0.0238. The molecule has 0 aliphatic rings. The second kappa shape index (κ2) is 4.65. The van der Waals surface area contributed by atoms with E-state index in [4.69, 9.17) is 0 Å². The zero-order valence-corrected chi connectivity index (χ0v) is 8.08. The standard InChI is InChI=1S/C11H15NO/c1-3-11(12-9(2)13)10-7-5-4-6-8-10/h4-8,11H,3H2,1-2H3,(H,12,13)/t11-/m1/s1. The molecule has 70 valence electrons. The zero-order chi connectivity index (χ0) is 9.68. The van der Waals surface area contributed by atoms with E-state index in [1.165, 1.54) is 5.56 Å². The van der Waals surface area contributed by atoms with Gasteiger partial charge in [0.1, 0.15) is 0 Å². The van der Waals surface area contributed by atoms with Gasteiger partial charge in [-0.2, -0.15) is 0 Å². The second-order valence-electron chi connectivity index (χ2n) is 3.07. The van der Waals surface area contributed by atoms with Gasteiger partial charge in [0.25, 0.3) is 0 Å². The van der Waals surface area contributed by atoms with Crippen LogP contribution < -0.4 is 5.32 Å². The maximum atomic E-state index is 10.9. The topological polar surface area (TPSA) is 29.1 Å². The van der Waals surface area contributed by atoms with Gasteiger partial charge in [-0.25, -0.2) is 0 Å². The van der Waals surface area contributed by atoms with Crippen molar-refractivity contribution in [3.8, 4) is 0 Å². The fourth-order valence-electron chi connectivity index (χ4n) is 1.35. The summed E-state index contributed by atoms with van der Waals surface area (Å²) in [6.45, 7) is 3.61. The van der Waals surface area contributed by atoms with Crippen LogP contribution in [0, 0.1) is 0 Å². The molecule has 1 atom stereocenters. The van der Waals surface area contributed by atoms with E-state index in [2.05, 4.69) is 12.2 Å². The lowest BCUT2D eigenvalue weighted by Gasteiger charge is -2.15. The lowest BCUT2D eigenvalue weighted by atomic mass is 10.1. The average molecular weight is 177 g/mol. The van der Waals surface area contributed by atoms with Crippen molar-refractivity contribution in [3.63, 3.8) is 0 Å². The van der Waals surface area contributed by atoms with E-state index in [9.17, 15) is 4.79 Å². The molecule has 0 aliphatic carbocycles. The zero-order valence-electron chi connectivity index (χ0n) is 8.08. The van der Waals surface area contributed by atoms with Gasteiger partial charge >= 0.3 is 0 Å². The van der Waals surface area contributed by atoms with Crippen LogP contribution in [0.2, 0.25) is 0 Å². The molecule has 0 spiro atoms. The van der Waals surface area contributed by atoms with Crippen molar-refractivity contribution >= 4 is 5.91 Å². The first kappa shape index (κ1) is 9.78. The highest BCUT2D eigenvalue weighted by molar-refractivity contribution is 5.73. The third-order valence-electron chi connectivity index (χ3n) is 1.99. The summed E-state index contributed by atoms with van der Waals surface area (Å²) < 4.78 is 0. The SMILES string of the molecule is CC[C@@H](NC(C)=O)c1ccccc1. The first-order chi connectivity index (χ1) is 6.24. The number of rotatable bonds is 3. The molecule has 1 aromatic carbocycles. The minimum atomic E-state index is 0.0238. The molecule has 1 amide bonds. The van der Waals surface area contributed by atoms with Gasteiger partial charge in [0, 0.05) is 6.92 Å². The number of nitrogens with one attached hydrogen (secondary N) is 1. The number of carbonyl (C=O) groups is 1. The van der Waals surface area contributed by atoms with Gasteiger partial charge in [-0.1, -0.05) is 37.3 Å². The lowest BCUT2D eigenvalue weighted by Crippen LogP contribution is -2.25. The fraction of sp³-hybridized carbons (Fsp3) is 0.364. The van der Waals surface area contributed by atoms with E-state index in [-0.39, 0.29) is 11.9 Å². The van der Waals surface area contributed by atoms with E-state index in [0.29, 0.717) is 0 Å². The first-order valence-electron chi connectivity index (χ1n) is 4.56. The van der Waals surface area contributed by atoms with Crippen LogP contribution in [0.1, 0.15) is 31.9 Å². The Labute approximate surface area is 79.0 Å². The van der Waals surface area contributed by atoms with Gasteiger partial charge in [0.15, 0.2) is 0 Å². The molecule has 0 unspecified atom stereocenters. The molecule has 0 saturated carbocycles. The largest absolute Gasteiger partial charge is 0.350 e. The van der Waals surface area contributed by atoms with Gasteiger partial charge in [-0.3, -0.25) is 4.79 Å². The Morgan fingerprint density at radius 1 is 1.38 bits per heavy atom. The molecule has 0 fully saturated rings. The maximum absolute atomic E-state index is 10.9. The van der Waals surface area contributed by atoms with Crippen molar-refractivity contribution in [1.29, 1.82) is 0 Å². The molecule has 1 N–H and O–H groups in total. The molecule has 13 heavy (non-hydrogen) atoms. The average Bonchev–Trinajstić information content (AvgIpc) is 2.15. The summed E-state index contributed by atoms with van der Waals surface area (Å²) in [4.78, 5) is 10.9. The Balaban J connectivity index is 2.73. The third kappa shape index (κ3) is 2.90. The summed E-state index contributed by atoms with van der Waals surface area (Å²) in [6, 6.07) is 10.2. The van der Waals surface area contributed by atoms with Crippen molar-refractivity contribution in [2.45, 2.75) is 26.3 Å². The molecule has 0 radical (unpaired) electrons. The van der Waals surface area contributed by atoms with Crippen molar-refractivity contribution in [3.05, 3.63) is 35.9 Å². The Hall–Kier alpha value is -1.31. The predicted octanol–water partition coefficient (Wildman–Crippen LogP) is 2.27. The van der Waals surface area contributed by atoms with E-state index >= 15 is 0 Å². The molecule has 2 heteroatoms. The molecule has 0 saturated heterocycles. The molecule has 0 bridgehead atoms. The number of amides is 1. The summed E-state index contributed by atoms with van der Waals surface area (Å²) >= 11 is 0. The normalized spacial score (nSPS) is 12.2. The number of carbonyl (C=O) groups excluding carboxylic acids is 1. The summed E-state index contributed by atoms with van der Waals surface area (Å²) in [5.41, 5.74) is 1.17. The van der Waals surface area contributed by atoms with Crippen molar-refractivity contribution < 1.29 is 4.79 Å². The lowest BCUT2D eigenvalue weighted by molar-refractivity contribution is -0.119. The minimum absolute atomic E-state index is 0.0238. The van der Waals surface area contributed by atoms with Gasteiger partial charge in [-0.15, -0.1) is 0 Å². The Morgan fingerprint density at radius 2 is 2.00 bits per heavy atom. The van der Waals surface area contributed by atoms with Crippen LogP contribution >= 0.6 is 0 Å². The van der Waals surface area contributed by atoms with Crippen LogP contribution in [0.15, 0.2) is 30.3 Å². The van der Waals surface area contributed by atoms with Gasteiger partial charge in [0.05, 0.1) is 6.04 Å². The van der Waals surface area contributed by atoms with Gasteiger partial charge < -0.3 is 5.32 Å².